The molecule has 2 heterocycles. The van der Waals surface area contributed by atoms with E-state index in [-0.39, 0.29) is 0 Å². The lowest BCUT2D eigenvalue weighted by molar-refractivity contribution is 0.100. The molecule has 16 heavy (non-hydrogen) atoms. The van der Waals surface area contributed by atoms with Crippen LogP contribution in [0.25, 0.3) is 11.3 Å². The third kappa shape index (κ3) is 1.69. The van der Waals surface area contributed by atoms with E-state index in [2.05, 4.69) is 11.1 Å². The zero-order valence-electron chi connectivity index (χ0n) is 9.13. The second-order valence-corrected chi connectivity index (χ2v) is 5.16. The lowest BCUT2D eigenvalue weighted by Gasteiger charge is -1.94. The van der Waals surface area contributed by atoms with Gasteiger partial charge in [-0.05, 0) is 26.0 Å². The van der Waals surface area contributed by atoms with Crippen LogP contribution in [0, 0.1) is 13.8 Å². The van der Waals surface area contributed by atoms with Gasteiger partial charge in [-0.15, -0.1) is 11.3 Å². The maximum atomic E-state index is 11.1. The molecule has 4 nitrogen and oxygen atoms in total. The number of hydrogen-bond acceptors (Lipinski definition) is 3. The highest BCUT2D eigenvalue weighted by molar-refractivity contribution is 7.12. The number of H-pyrrole nitrogens is 1. The van der Waals surface area contributed by atoms with Crippen LogP contribution in [0.2, 0.25) is 0 Å². The van der Waals surface area contributed by atoms with Crippen molar-refractivity contribution in [2.45, 2.75) is 13.8 Å². The first kappa shape index (κ1) is 10.8. The fraction of sp³-hybridized carbons (Fsp3) is 0.182. The highest BCUT2D eigenvalue weighted by Gasteiger charge is 2.13. The van der Waals surface area contributed by atoms with Gasteiger partial charge >= 0.3 is 0 Å². The Hall–Kier alpha value is -1.75. The number of aryl methyl sites for hydroxylation is 2. The van der Waals surface area contributed by atoms with Crippen LogP contribution in [0.3, 0.4) is 0 Å². The number of nitrogens with one attached hydrogen (secondary N) is 1. The van der Waals surface area contributed by atoms with Crippen LogP contribution in [0.5, 0.6) is 0 Å². The minimum absolute atomic E-state index is 0.325. The minimum Gasteiger partial charge on any atom is -0.385 e. The predicted octanol–water partition coefficient (Wildman–Crippen LogP) is 2.04. The van der Waals surface area contributed by atoms with E-state index in [0.29, 0.717) is 11.4 Å². The van der Waals surface area contributed by atoms with Crippen LogP contribution < -0.4 is 11.5 Å². The van der Waals surface area contributed by atoms with Crippen molar-refractivity contribution in [2.75, 3.05) is 5.73 Å². The number of aromatic amines is 1. The molecular formula is C11H13N3OS. The summed E-state index contributed by atoms with van der Waals surface area (Å²) in [5, 5.41) is 0. The number of nitrogen functional groups attached to an aromatic ring is 1. The van der Waals surface area contributed by atoms with Gasteiger partial charge in [-0.2, -0.15) is 0 Å². The number of anilines is 1. The Morgan fingerprint density at radius 2 is 2.06 bits per heavy atom. The molecule has 0 fully saturated rings. The number of thiophene rings is 1. The molecule has 0 radical (unpaired) electrons. The average molecular weight is 235 g/mol. The van der Waals surface area contributed by atoms with E-state index in [1.165, 1.54) is 9.75 Å². The van der Waals surface area contributed by atoms with E-state index < -0.39 is 5.91 Å². The van der Waals surface area contributed by atoms with Crippen molar-refractivity contribution in [1.82, 2.24) is 4.98 Å². The first-order valence-electron chi connectivity index (χ1n) is 4.84. The molecule has 5 N–H and O–H groups in total. The van der Waals surface area contributed by atoms with Crippen molar-refractivity contribution in [3.63, 3.8) is 0 Å². The van der Waals surface area contributed by atoms with Gasteiger partial charge in [0.05, 0.1) is 5.56 Å². The van der Waals surface area contributed by atoms with Crippen LogP contribution in [-0.2, 0) is 0 Å². The summed E-state index contributed by atoms with van der Waals surface area (Å²) in [6.07, 6.45) is 0. The van der Waals surface area contributed by atoms with Crippen molar-refractivity contribution in [2.24, 2.45) is 5.73 Å². The van der Waals surface area contributed by atoms with Crippen molar-refractivity contribution in [3.8, 4) is 11.3 Å². The number of amides is 1. The Bertz CT molecular complexity index is 554. The van der Waals surface area contributed by atoms with Gasteiger partial charge in [0, 0.05) is 21.0 Å². The molecule has 1 amide bonds. The molecule has 0 unspecified atom stereocenters. The van der Waals surface area contributed by atoms with Gasteiger partial charge in [0.25, 0.3) is 5.91 Å². The van der Waals surface area contributed by atoms with Gasteiger partial charge in [-0.1, -0.05) is 0 Å². The van der Waals surface area contributed by atoms with Crippen LogP contribution in [0.15, 0.2) is 12.1 Å². The molecular weight excluding hydrogens is 222 g/mol. The lowest BCUT2D eigenvalue weighted by Crippen LogP contribution is -2.11. The Labute approximate surface area is 97.3 Å². The number of carbonyl (C=O) groups is 1. The molecule has 84 valence electrons. The highest BCUT2D eigenvalue weighted by Crippen LogP contribution is 2.31. The fourth-order valence-corrected chi connectivity index (χ4v) is 2.66. The number of nitrogens with two attached hydrogens (primary N) is 2. The monoisotopic (exact) mass is 235 g/mol. The first-order chi connectivity index (χ1) is 7.49. The standard InChI is InChI=1S/C11H13N3OS/c1-5-3-7(6(2)16-5)9-4-8(11(13)15)10(12)14-9/h3-4,14H,12H2,1-2H3,(H2,13,15). The van der Waals surface area contributed by atoms with Gasteiger partial charge in [-0.3, -0.25) is 4.79 Å². The van der Waals surface area contributed by atoms with Crippen LogP contribution in [-0.4, -0.2) is 10.9 Å². The molecule has 0 aliphatic carbocycles. The summed E-state index contributed by atoms with van der Waals surface area (Å²) < 4.78 is 0. The maximum Gasteiger partial charge on any atom is 0.252 e. The van der Waals surface area contributed by atoms with Gasteiger partial charge in [0.2, 0.25) is 0 Å². The molecule has 0 saturated heterocycles. The number of primary amides is 1. The third-order valence-electron chi connectivity index (χ3n) is 2.44. The van der Waals surface area contributed by atoms with E-state index in [4.69, 9.17) is 11.5 Å². The van der Waals surface area contributed by atoms with Gasteiger partial charge in [-0.25, -0.2) is 0 Å². The van der Waals surface area contributed by atoms with Gasteiger partial charge in [0.15, 0.2) is 0 Å². The van der Waals surface area contributed by atoms with E-state index in [9.17, 15) is 4.79 Å². The molecule has 2 aromatic rings. The summed E-state index contributed by atoms with van der Waals surface area (Å²) in [5.41, 5.74) is 13.2. The summed E-state index contributed by atoms with van der Waals surface area (Å²) in [4.78, 5) is 16.5. The van der Waals surface area contributed by atoms with E-state index in [1.54, 1.807) is 17.4 Å². The van der Waals surface area contributed by atoms with E-state index in [1.807, 2.05) is 13.8 Å². The Morgan fingerprint density at radius 1 is 1.38 bits per heavy atom. The Balaban J connectivity index is 2.53. The summed E-state index contributed by atoms with van der Waals surface area (Å²) >= 11 is 1.71. The number of hydrogen-bond donors (Lipinski definition) is 3. The fourth-order valence-electron chi connectivity index (χ4n) is 1.72. The van der Waals surface area contributed by atoms with E-state index >= 15 is 0 Å². The zero-order valence-corrected chi connectivity index (χ0v) is 9.94. The first-order valence-corrected chi connectivity index (χ1v) is 5.66. The predicted molar refractivity (Wildman–Crippen MR) is 66.5 cm³/mol. The summed E-state index contributed by atoms with van der Waals surface area (Å²) in [6, 6.07) is 3.77. The normalized spacial score (nSPS) is 10.6. The summed E-state index contributed by atoms with van der Waals surface area (Å²) in [6.45, 7) is 4.08. The number of aromatic nitrogens is 1. The lowest BCUT2D eigenvalue weighted by atomic mass is 10.1. The molecule has 0 bridgehead atoms. The van der Waals surface area contributed by atoms with Crippen molar-refractivity contribution < 1.29 is 4.79 Å². The van der Waals surface area contributed by atoms with Crippen molar-refractivity contribution in [1.29, 1.82) is 0 Å². The topological polar surface area (TPSA) is 84.9 Å². The smallest absolute Gasteiger partial charge is 0.252 e. The average Bonchev–Trinajstić information content (AvgIpc) is 2.69. The number of carbonyl (C=O) groups excluding carboxylic acids is 1. The molecule has 0 aliphatic rings. The Kier molecular flexibility index (Phi) is 2.47. The summed E-state index contributed by atoms with van der Waals surface area (Å²) in [5.74, 6) is -0.185. The van der Waals surface area contributed by atoms with Crippen LogP contribution in [0.4, 0.5) is 5.82 Å². The van der Waals surface area contributed by atoms with Gasteiger partial charge < -0.3 is 16.5 Å². The maximum absolute atomic E-state index is 11.1. The molecule has 5 heteroatoms. The molecule has 0 aromatic carbocycles. The SMILES string of the molecule is Cc1cc(-c2cc(C(N)=O)c(N)[nH]2)c(C)s1. The van der Waals surface area contributed by atoms with Gasteiger partial charge in [0.1, 0.15) is 5.82 Å². The Morgan fingerprint density at radius 3 is 2.50 bits per heavy atom. The largest absolute Gasteiger partial charge is 0.385 e. The second-order valence-electron chi connectivity index (χ2n) is 3.70. The van der Waals surface area contributed by atoms with E-state index in [0.717, 1.165) is 11.3 Å². The molecule has 0 saturated carbocycles. The third-order valence-corrected chi connectivity index (χ3v) is 3.41. The number of rotatable bonds is 2. The molecule has 2 aromatic heterocycles. The van der Waals surface area contributed by atoms with Crippen LogP contribution in [0.1, 0.15) is 20.1 Å². The zero-order chi connectivity index (χ0) is 11.9. The highest BCUT2D eigenvalue weighted by atomic mass is 32.1. The molecule has 0 aliphatic heterocycles. The quantitative estimate of drug-likeness (QED) is 0.744. The minimum atomic E-state index is -0.510. The van der Waals surface area contributed by atoms with Crippen LogP contribution >= 0.6 is 11.3 Å². The van der Waals surface area contributed by atoms with Crippen molar-refractivity contribution >= 4 is 23.1 Å². The van der Waals surface area contributed by atoms with Crippen molar-refractivity contribution in [3.05, 3.63) is 27.5 Å². The molecule has 0 spiro atoms. The summed E-state index contributed by atoms with van der Waals surface area (Å²) in [7, 11) is 0. The second kappa shape index (κ2) is 3.68. The molecule has 0 atom stereocenters. The molecule has 2 rings (SSSR count).